The molecule has 2 atom stereocenters. The topological polar surface area (TPSA) is 36.4 Å². The van der Waals surface area contributed by atoms with Gasteiger partial charge in [0.05, 0.1) is 0 Å². The highest BCUT2D eigenvalue weighted by atomic mass is 35.5. The number of fused-ring (bicyclic) bond motifs is 1. The number of hydrogen-bond donors (Lipinski definition) is 0. The number of hydrogen-bond acceptors (Lipinski definition) is 3. The summed E-state index contributed by atoms with van der Waals surface area (Å²) in [5.41, 5.74) is 0.646. The number of amides is 1. The van der Waals surface area contributed by atoms with Crippen molar-refractivity contribution in [3.8, 4) is 0 Å². The van der Waals surface area contributed by atoms with Gasteiger partial charge < -0.3 is 9.80 Å². The van der Waals surface area contributed by atoms with Crippen LogP contribution < -0.4 is 0 Å². The fourth-order valence-corrected chi connectivity index (χ4v) is 3.73. The Morgan fingerprint density at radius 2 is 2.25 bits per heavy atom. The molecular weight excluding hydrogens is 274 g/mol. The number of pyridine rings is 1. The highest BCUT2D eigenvalue weighted by molar-refractivity contribution is 6.29. The van der Waals surface area contributed by atoms with Crippen molar-refractivity contribution in [1.29, 1.82) is 0 Å². The average Bonchev–Trinajstić information content (AvgIpc) is 2.46. The SMILES string of the molecule is CN1CCCC2CN(C(=O)c3ccnc(Cl)c3)CCC21. The molecule has 3 heterocycles. The summed E-state index contributed by atoms with van der Waals surface area (Å²) >= 11 is 5.87. The van der Waals surface area contributed by atoms with E-state index in [-0.39, 0.29) is 5.91 Å². The smallest absolute Gasteiger partial charge is 0.254 e. The van der Waals surface area contributed by atoms with Gasteiger partial charge in [0, 0.05) is 30.9 Å². The third-order valence-electron chi connectivity index (χ3n) is 4.61. The summed E-state index contributed by atoms with van der Waals surface area (Å²) in [5.74, 6) is 0.699. The number of aromatic nitrogens is 1. The van der Waals surface area contributed by atoms with Crippen molar-refractivity contribution in [2.45, 2.75) is 25.3 Å². The average molecular weight is 294 g/mol. The second-order valence-corrected chi connectivity index (χ2v) is 6.24. The lowest BCUT2D eigenvalue weighted by atomic mass is 9.84. The molecule has 1 aromatic heterocycles. The summed E-state index contributed by atoms with van der Waals surface area (Å²) in [6.07, 6.45) is 5.14. The van der Waals surface area contributed by atoms with Crippen molar-refractivity contribution < 1.29 is 4.79 Å². The molecule has 0 N–H and O–H groups in total. The van der Waals surface area contributed by atoms with E-state index in [2.05, 4.69) is 16.9 Å². The van der Waals surface area contributed by atoms with E-state index in [9.17, 15) is 4.79 Å². The van der Waals surface area contributed by atoms with Gasteiger partial charge in [0.15, 0.2) is 0 Å². The molecule has 0 radical (unpaired) electrons. The molecule has 2 aliphatic heterocycles. The Bertz CT molecular complexity index is 508. The summed E-state index contributed by atoms with van der Waals surface area (Å²) in [5, 5.41) is 0.378. The third-order valence-corrected chi connectivity index (χ3v) is 4.81. The Balaban J connectivity index is 1.71. The first-order valence-electron chi connectivity index (χ1n) is 7.26. The third kappa shape index (κ3) is 2.67. The fraction of sp³-hybridized carbons (Fsp3) is 0.600. The van der Waals surface area contributed by atoms with Gasteiger partial charge in [0.25, 0.3) is 5.91 Å². The molecule has 2 fully saturated rings. The number of rotatable bonds is 1. The Morgan fingerprint density at radius 1 is 1.40 bits per heavy atom. The molecule has 2 saturated heterocycles. The zero-order valence-corrected chi connectivity index (χ0v) is 12.5. The maximum atomic E-state index is 12.5. The van der Waals surface area contributed by atoms with Crippen LogP contribution in [0.4, 0.5) is 0 Å². The minimum Gasteiger partial charge on any atom is -0.338 e. The van der Waals surface area contributed by atoms with Crippen LogP contribution in [0.15, 0.2) is 18.3 Å². The molecule has 0 spiro atoms. The van der Waals surface area contributed by atoms with Crippen LogP contribution in [-0.4, -0.2) is 53.4 Å². The molecule has 0 bridgehead atoms. The van der Waals surface area contributed by atoms with Crippen LogP contribution >= 0.6 is 11.6 Å². The van der Waals surface area contributed by atoms with Crippen LogP contribution in [0, 0.1) is 5.92 Å². The molecule has 108 valence electrons. The summed E-state index contributed by atoms with van der Waals surface area (Å²) in [4.78, 5) is 20.9. The standard InChI is InChI=1S/C15H20ClN3O/c1-18-7-2-3-12-10-19(8-5-13(12)18)15(20)11-4-6-17-14(16)9-11/h4,6,9,12-13H,2-3,5,7-8,10H2,1H3. The van der Waals surface area contributed by atoms with Crippen LogP contribution in [0.2, 0.25) is 5.15 Å². The van der Waals surface area contributed by atoms with E-state index < -0.39 is 0 Å². The number of nitrogens with zero attached hydrogens (tertiary/aromatic N) is 3. The molecule has 1 aromatic rings. The molecule has 2 unspecified atom stereocenters. The first-order chi connectivity index (χ1) is 9.65. The van der Waals surface area contributed by atoms with Crippen LogP contribution in [0.1, 0.15) is 29.6 Å². The first kappa shape index (κ1) is 13.8. The fourth-order valence-electron chi connectivity index (χ4n) is 3.56. The molecule has 20 heavy (non-hydrogen) atoms. The molecule has 0 aliphatic carbocycles. The van der Waals surface area contributed by atoms with Crippen molar-refractivity contribution in [3.05, 3.63) is 29.0 Å². The molecule has 0 aromatic carbocycles. The molecule has 1 amide bonds. The molecule has 2 aliphatic rings. The highest BCUT2D eigenvalue weighted by Crippen LogP contribution is 2.30. The largest absolute Gasteiger partial charge is 0.338 e. The second kappa shape index (κ2) is 5.70. The quantitative estimate of drug-likeness (QED) is 0.746. The maximum Gasteiger partial charge on any atom is 0.254 e. The van der Waals surface area contributed by atoms with Crippen LogP contribution in [0.3, 0.4) is 0 Å². The van der Waals surface area contributed by atoms with E-state index in [0.717, 1.165) is 19.5 Å². The van der Waals surface area contributed by atoms with Crippen molar-refractivity contribution in [1.82, 2.24) is 14.8 Å². The normalized spacial score (nSPS) is 27.2. The number of carbonyl (C=O) groups excluding carboxylic acids is 1. The Kier molecular flexibility index (Phi) is 3.94. The van der Waals surface area contributed by atoms with Crippen LogP contribution in [-0.2, 0) is 0 Å². The lowest BCUT2D eigenvalue weighted by Gasteiger charge is -2.46. The van der Waals surface area contributed by atoms with Gasteiger partial charge in [-0.05, 0) is 50.9 Å². The Morgan fingerprint density at radius 3 is 3.05 bits per heavy atom. The highest BCUT2D eigenvalue weighted by Gasteiger charge is 2.35. The number of piperidine rings is 2. The first-order valence-corrected chi connectivity index (χ1v) is 7.64. The van der Waals surface area contributed by atoms with E-state index in [1.54, 1.807) is 18.3 Å². The lowest BCUT2D eigenvalue weighted by Crippen LogP contribution is -2.53. The van der Waals surface area contributed by atoms with Gasteiger partial charge in [-0.3, -0.25) is 4.79 Å². The molecular formula is C15H20ClN3O. The van der Waals surface area contributed by atoms with E-state index in [4.69, 9.17) is 11.6 Å². The van der Waals surface area contributed by atoms with Crippen LogP contribution in [0.25, 0.3) is 0 Å². The molecule has 5 heteroatoms. The minimum atomic E-state index is 0.0842. The van der Waals surface area contributed by atoms with Gasteiger partial charge in [0.2, 0.25) is 0 Å². The second-order valence-electron chi connectivity index (χ2n) is 5.86. The summed E-state index contributed by atoms with van der Waals surface area (Å²) in [7, 11) is 2.21. The number of halogens is 1. The summed E-state index contributed by atoms with van der Waals surface area (Å²) < 4.78 is 0. The van der Waals surface area contributed by atoms with Gasteiger partial charge in [-0.2, -0.15) is 0 Å². The van der Waals surface area contributed by atoms with E-state index >= 15 is 0 Å². The van der Waals surface area contributed by atoms with E-state index in [1.807, 2.05) is 4.90 Å². The van der Waals surface area contributed by atoms with Crippen molar-refractivity contribution in [2.24, 2.45) is 5.92 Å². The Labute approximate surface area is 124 Å². The van der Waals surface area contributed by atoms with E-state index in [1.165, 1.54) is 19.4 Å². The van der Waals surface area contributed by atoms with Crippen molar-refractivity contribution in [3.63, 3.8) is 0 Å². The minimum absolute atomic E-state index is 0.0842. The van der Waals surface area contributed by atoms with Gasteiger partial charge in [-0.25, -0.2) is 4.98 Å². The number of likely N-dealkylation sites (tertiary alicyclic amines) is 2. The molecule has 4 nitrogen and oxygen atoms in total. The summed E-state index contributed by atoms with van der Waals surface area (Å²) in [6, 6.07) is 4.05. The zero-order valence-electron chi connectivity index (χ0n) is 11.8. The molecule has 3 rings (SSSR count). The van der Waals surface area contributed by atoms with Crippen molar-refractivity contribution >= 4 is 17.5 Å². The van der Waals surface area contributed by atoms with Gasteiger partial charge in [0.1, 0.15) is 5.15 Å². The lowest BCUT2D eigenvalue weighted by molar-refractivity contribution is 0.0317. The maximum absolute atomic E-state index is 12.5. The Hall–Kier alpha value is -1.13. The van der Waals surface area contributed by atoms with Gasteiger partial charge >= 0.3 is 0 Å². The number of carbonyl (C=O) groups is 1. The van der Waals surface area contributed by atoms with Crippen LogP contribution in [0.5, 0.6) is 0 Å². The monoisotopic (exact) mass is 293 g/mol. The molecule has 0 saturated carbocycles. The predicted octanol–water partition coefficient (Wildman–Crippen LogP) is 2.29. The van der Waals surface area contributed by atoms with Gasteiger partial charge in [-0.15, -0.1) is 0 Å². The van der Waals surface area contributed by atoms with Gasteiger partial charge in [-0.1, -0.05) is 11.6 Å². The predicted molar refractivity (Wildman–Crippen MR) is 78.9 cm³/mol. The zero-order chi connectivity index (χ0) is 14.1. The van der Waals surface area contributed by atoms with Crippen molar-refractivity contribution in [2.75, 3.05) is 26.7 Å². The summed E-state index contributed by atoms with van der Waals surface area (Å²) in [6.45, 7) is 2.90. The van der Waals surface area contributed by atoms with E-state index in [0.29, 0.717) is 22.7 Å².